The first kappa shape index (κ1) is 12.5. The van der Waals surface area contributed by atoms with Gasteiger partial charge in [-0.25, -0.2) is 0 Å². The van der Waals surface area contributed by atoms with Crippen molar-refractivity contribution in [1.29, 1.82) is 0 Å². The number of hydrogen-bond acceptors (Lipinski definition) is 4. The summed E-state index contributed by atoms with van der Waals surface area (Å²) in [6.07, 6.45) is 1.80. The highest BCUT2D eigenvalue weighted by Crippen LogP contribution is 2.18. The Bertz CT molecular complexity index is 285. The van der Waals surface area contributed by atoms with E-state index in [1.54, 1.807) is 6.20 Å². The monoisotopic (exact) mass is 228 g/mol. The van der Waals surface area contributed by atoms with Gasteiger partial charge in [0.2, 0.25) is 0 Å². The summed E-state index contributed by atoms with van der Waals surface area (Å²) in [5, 5.41) is 4.14. The molecule has 4 nitrogen and oxygen atoms in total. The molecule has 1 aromatic heterocycles. The molecule has 1 unspecified atom stereocenters. The third kappa shape index (κ3) is 3.85. The standard InChI is InChI=1S/C10H20N4S/c1-8(2)6-15-7-9(13-11)10-4-5-12-14(10)3/h4-5,8-9,13H,6-7,11H2,1-3H3. The van der Waals surface area contributed by atoms with E-state index in [1.165, 1.54) is 0 Å². The first-order chi connectivity index (χ1) is 7.15. The molecule has 0 radical (unpaired) electrons. The van der Waals surface area contributed by atoms with Crippen molar-refractivity contribution in [1.82, 2.24) is 15.2 Å². The van der Waals surface area contributed by atoms with E-state index in [2.05, 4.69) is 24.4 Å². The summed E-state index contributed by atoms with van der Waals surface area (Å²) in [5.41, 5.74) is 3.97. The summed E-state index contributed by atoms with van der Waals surface area (Å²) in [6, 6.07) is 2.18. The minimum atomic E-state index is 0.182. The van der Waals surface area contributed by atoms with Crippen LogP contribution in [-0.4, -0.2) is 21.3 Å². The number of nitrogens with two attached hydrogens (primary N) is 1. The molecular formula is C10H20N4S. The second kappa shape index (κ2) is 6.15. The van der Waals surface area contributed by atoms with Gasteiger partial charge in [-0.05, 0) is 17.7 Å². The van der Waals surface area contributed by atoms with Crippen molar-refractivity contribution >= 4 is 11.8 Å². The highest BCUT2D eigenvalue weighted by molar-refractivity contribution is 7.99. The summed E-state index contributed by atoms with van der Waals surface area (Å²) < 4.78 is 1.86. The molecule has 0 spiro atoms. The molecule has 0 aliphatic rings. The fourth-order valence-electron chi connectivity index (χ4n) is 1.37. The second-order valence-electron chi connectivity index (χ2n) is 4.03. The number of rotatable bonds is 6. The molecule has 0 fully saturated rings. The van der Waals surface area contributed by atoms with Crippen LogP contribution in [0.15, 0.2) is 12.3 Å². The van der Waals surface area contributed by atoms with Crippen LogP contribution < -0.4 is 11.3 Å². The first-order valence-electron chi connectivity index (χ1n) is 5.17. The van der Waals surface area contributed by atoms with Crippen LogP contribution in [-0.2, 0) is 7.05 Å². The number of hydrogen-bond donors (Lipinski definition) is 2. The van der Waals surface area contributed by atoms with Gasteiger partial charge in [0.25, 0.3) is 0 Å². The normalized spacial score (nSPS) is 13.4. The molecule has 1 aromatic rings. The number of nitrogens with one attached hydrogen (secondary N) is 1. The van der Waals surface area contributed by atoms with E-state index in [1.807, 2.05) is 29.6 Å². The maximum absolute atomic E-state index is 5.55. The van der Waals surface area contributed by atoms with Gasteiger partial charge in [-0.2, -0.15) is 16.9 Å². The number of aromatic nitrogens is 2. The maximum atomic E-state index is 5.55. The Morgan fingerprint density at radius 3 is 2.73 bits per heavy atom. The van der Waals surface area contributed by atoms with Gasteiger partial charge in [0.05, 0.1) is 11.7 Å². The molecule has 0 aliphatic carbocycles. The summed E-state index contributed by atoms with van der Waals surface area (Å²) in [6.45, 7) is 4.45. The van der Waals surface area contributed by atoms with E-state index in [-0.39, 0.29) is 6.04 Å². The van der Waals surface area contributed by atoms with Crippen molar-refractivity contribution in [3.63, 3.8) is 0 Å². The molecule has 1 atom stereocenters. The minimum absolute atomic E-state index is 0.182. The molecule has 86 valence electrons. The summed E-state index contributed by atoms with van der Waals surface area (Å²) in [4.78, 5) is 0. The highest BCUT2D eigenvalue weighted by atomic mass is 32.2. The van der Waals surface area contributed by atoms with E-state index in [4.69, 9.17) is 5.84 Å². The zero-order valence-corrected chi connectivity index (χ0v) is 10.4. The molecule has 0 saturated heterocycles. The van der Waals surface area contributed by atoms with Crippen LogP contribution >= 0.6 is 11.8 Å². The van der Waals surface area contributed by atoms with E-state index in [0.717, 1.165) is 23.1 Å². The Hall–Kier alpha value is -0.520. The summed E-state index contributed by atoms with van der Waals surface area (Å²) in [5.74, 6) is 8.41. The van der Waals surface area contributed by atoms with Crippen molar-refractivity contribution in [3.8, 4) is 0 Å². The van der Waals surface area contributed by atoms with Gasteiger partial charge in [0, 0.05) is 19.0 Å². The molecule has 1 heterocycles. The largest absolute Gasteiger partial charge is 0.271 e. The number of aryl methyl sites for hydroxylation is 1. The second-order valence-corrected chi connectivity index (χ2v) is 5.11. The Morgan fingerprint density at radius 1 is 1.53 bits per heavy atom. The molecule has 0 aliphatic heterocycles. The van der Waals surface area contributed by atoms with E-state index in [9.17, 15) is 0 Å². The van der Waals surface area contributed by atoms with Crippen LogP contribution in [0.1, 0.15) is 25.6 Å². The van der Waals surface area contributed by atoms with E-state index in [0.29, 0.717) is 0 Å². The van der Waals surface area contributed by atoms with Crippen LogP contribution in [0.4, 0.5) is 0 Å². The number of hydrazine groups is 1. The molecule has 0 saturated carbocycles. The van der Waals surface area contributed by atoms with Gasteiger partial charge >= 0.3 is 0 Å². The molecular weight excluding hydrogens is 208 g/mol. The van der Waals surface area contributed by atoms with Gasteiger partial charge in [-0.3, -0.25) is 16.0 Å². The van der Waals surface area contributed by atoms with Crippen molar-refractivity contribution in [2.24, 2.45) is 18.8 Å². The minimum Gasteiger partial charge on any atom is -0.271 e. The molecule has 0 amide bonds. The van der Waals surface area contributed by atoms with Crippen molar-refractivity contribution in [3.05, 3.63) is 18.0 Å². The summed E-state index contributed by atoms with van der Waals surface area (Å²) in [7, 11) is 1.94. The molecule has 5 heteroatoms. The maximum Gasteiger partial charge on any atom is 0.0719 e. The molecule has 1 rings (SSSR count). The molecule has 15 heavy (non-hydrogen) atoms. The third-order valence-electron chi connectivity index (χ3n) is 2.15. The van der Waals surface area contributed by atoms with Crippen LogP contribution in [0.25, 0.3) is 0 Å². The Labute approximate surface area is 95.6 Å². The Balaban J connectivity index is 2.46. The van der Waals surface area contributed by atoms with Crippen molar-refractivity contribution in [2.45, 2.75) is 19.9 Å². The topological polar surface area (TPSA) is 55.9 Å². The van der Waals surface area contributed by atoms with Crippen molar-refractivity contribution in [2.75, 3.05) is 11.5 Å². The van der Waals surface area contributed by atoms with Crippen molar-refractivity contribution < 1.29 is 0 Å². The van der Waals surface area contributed by atoms with Gasteiger partial charge in [0.15, 0.2) is 0 Å². The lowest BCUT2D eigenvalue weighted by atomic mass is 10.2. The lowest BCUT2D eigenvalue weighted by Crippen LogP contribution is -2.31. The fraction of sp³-hybridized carbons (Fsp3) is 0.700. The Kier molecular flexibility index (Phi) is 5.14. The van der Waals surface area contributed by atoms with Crippen LogP contribution in [0.5, 0.6) is 0 Å². The van der Waals surface area contributed by atoms with Crippen LogP contribution in [0, 0.1) is 5.92 Å². The highest BCUT2D eigenvalue weighted by Gasteiger charge is 2.13. The van der Waals surface area contributed by atoms with E-state index >= 15 is 0 Å². The number of thioether (sulfide) groups is 1. The SMILES string of the molecule is CC(C)CSCC(NN)c1ccnn1C. The lowest BCUT2D eigenvalue weighted by Gasteiger charge is -2.16. The van der Waals surface area contributed by atoms with Gasteiger partial charge in [0.1, 0.15) is 0 Å². The van der Waals surface area contributed by atoms with Gasteiger partial charge in [-0.1, -0.05) is 13.8 Å². The fourth-order valence-corrected chi connectivity index (χ4v) is 2.48. The average Bonchev–Trinajstić information content (AvgIpc) is 2.59. The number of nitrogens with zero attached hydrogens (tertiary/aromatic N) is 2. The van der Waals surface area contributed by atoms with Gasteiger partial charge in [-0.15, -0.1) is 0 Å². The molecule has 3 N–H and O–H groups in total. The zero-order valence-electron chi connectivity index (χ0n) is 9.60. The van der Waals surface area contributed by atoms with Gasteiger partial charge < -0.3 is 0 Å². The Morgan fingerprint density at radius 2 is 2.27 bits per heavy atom. The molecule has 0 bridgehead atoms. The zero-order chi connectivity index (χ0) is 11.3. The predicted octanol–water partition coefficient (Wildman–Crippen LogP) is 1.31. The predicted molar refractivity (Wildman–Crippen MR) is 65.4 cm³/mol. The average molecular weight is 228 g/mol. The van der Waals surface area contributed by atoms with Crippen LogP contribution in [0.2, 0.25) is 0 Å². The quantitative estimate of drug-likeness (QED) is 0.569. The first-order valence-corrected chi connectivity index (χ1v) is 6.32. The van der Waals surface area contributed by atoms with E-state index < -0.39 is 0 Å². The molecule has 0 aromatic carbocycles. The van der Waals surface area contributed by atoms with Crippen LogP contribution in [0.3, 0.4) is 0 Å². The third-order valence-corrected chi connectivity index (χ3v) is 3.62. The lowest BCUT2D eigenvalue weighted by molar-refractivity contribution is 0.554. The smallest absolute Gasteiger partial charge is 0.0719 e. The summed E-state index contributed by atoms with van der Waals surface area (Å²) >= 11 is 1.92.